The van der Waals surface area contributed by atoms with Crippen LogP contribution in [0.5, 0.6) is 0 Å². The number of rotatable bonds is 1. The van der Waals surface area contributed by atoms with Gasteiger partial charge in [0.25, 0.3) is 0 Å². The minimum atomic E-state index is -1.27. The predicted molar refractivity (Wildman–Crippen MR) is 99.3 cm³/mol. The molecule has 3 aliphatic heterocycles. The molecule has 2 aromatic carbocycles. The van der Waals surface area contributed by atoms with Crippen LogP contribution in [0.1, 0.15) is 17.0 Å². The molecule has 0 unspecified atom stereocenters. The average molecular weight is 406 g/mol. The fourth-order valence-electron chi connectivity index (χ4n) is 4.76. The van der Waals surface area contributed by atoms with Crippen molar-refractivity contribution in [2.24, 2.45) is 5.92 Å². The van der Waals surface area contributed by atoms with Crippen molar-refractivity contribution < 1.29 is 14.0 Å². The molecule has 1 spiro atoms. The normalized spacial score (nSPS) is 31.0. The number of halogens is 3. The SMILES string of the molecule is O=C1NC[C@H]2N[C@]3(C(=O)Nc4cc(Cl)ccc43)[C@H](c3cccc(Cl)c3F)[C@@H]12. The lowest BCUT2D eigenvalue weighted by atomic mass is 9.71. The highest BCUT2D eigenvalue weighted by Gasteiger charge is 2.65. The number of hydrogen-bond acceptors (Lipinski definition) is 3. The molecule has 0 radical (unpaired) electrons. The number of nitrogens with one attached hydrogen (secondary N) is 3. The van der Waals surface area contributed by atoms with Gasteiger partial charge in [0.05, 0.1) is 10.9 Å². The average Bonchev–Trinajstić information content (AvgIpc) is 3.24. The third-order valence-corrected chi connectivity index (χ3v) is 6.33. The van der Waals surface area contributed by atoms with E-state index in [1.54, 1.807) is 30.3 Å². The van der Waals surface area contributed by atoms with Gasteiger partial charge in [0, 0.05) is 34.8 Å². The van der Waals surface area contributed by atoms with Crippen LogP contribution in [0.2, 0.25) is 10.0 Å². The Balaban J connectivity index is 1.78. The molecular weight excluding hydrogens is 392 g/mol. The van der Waals surface area contributed by atoms with Crippen molar-refractivity contribution in [1.29, 1.82) is 0 Å². The first-order valence-electron chi connectivity index (χ1n) is 8.54. The number of anilines is 1. The standard InChI is InChI=1S/C19H14Cl2FN3O2/c20-8-4-5-10-12(6-8)24-18(27)19(10)15(9-2-1-3-11(21)16(9)22)14-13(25-19)7-23-17(14)26/h1-6,13-15,25H,7H2,(H,23,26)(H,24,27)/t13-,14+,15-,19+/m1/s1. The van der Waals surface area contributed by atoms with Crippen molar-refractivity contribution in [3.05, 3.63) is 63.4 Å². The molecule has 5 nitrogen and oxygen atoms in total. The van der Waals surface area contributed by atoms with Gasteiger partial charge >= 0.3 is 0 Å². The van der Waals surface area contributed by atoms with Gasteiger partial charge in [-0.25, -0.2) is 4.39 Å². The van der Waals surface area contributed by atoms with Gasteiger partial charge in [0.15, 0.2) is 0 Å². The Kier molecular flexibility index (Phi) is 3.57. The van der Waals surface area contributed by atoms with E-state index in [1.807, 2.05) is 0 Å². The number of carbonyl (C=O) groups excluding carboxylic acids is 2. The third-order valence-electron chi connectivity index (χ3n) is 5.80. The van der Waals surface area contributed by atoms with Gasteiger partial charge in [-0.2, -0.15) is 0 Å². The first kappa shape index (κ1) is 17.0. The van der Waals surface area contributed by atoms with Crippen LogP contribution in [-0.2, 0) is 15.1 Å². The summed E-state index contributed by atoms with van der Waals surface area (Å²) in [5.74, 6) is -2.48. The summed E-state index contributed by atoms with van der Waals surface area (Å²) < 4.78 is 15.0. The monoisotopic (exact) mass is 405 g/mol. The molecule has 4 atom stereocenters. The zero-order valence-electron chi connectivity index (χ0n) is 13.9. The van der Waals surface area contributed by atoms with Crippen molar-refractivity contribution in [3.8, 4) is 0 Å². The maximum absolute atomic E-state index is 15.0. The second-order valence-corrected chi connectivity index (χ2v) is 7.94. The molecule has 2 saturated heterocycles. The lowest BCUT2D eigenvalue weighted by molar-refractivity contribution is -0.124. The summed E-state index contributed by atoms with van der Waals surface area (Å²) in [4.78, 5) is 25.8. The molecule has 2 amide bonds. The Labute approximate surface area is 164 Å². The first-order valence-corrected chi connectivity index (χ1v) is 9.30. The van der Waals surface area contributed by atoms with Crippen LogP contribution < -0.4 is 16.0 Å². The number of benzene rings is 2. The number of amides is 2. The van der Waals surface area contributed by atoms with E-state index >= 15 is 0 Å². The minimum absolute atomic E-state index is 0.0424. The van der Waals surface area contributed by atoms with E-state index in [1.165, 1.54) is 6.07 Å². The summed E-state index contributed by atoms with van der Waals surface area (Å²) in [6, 6.07) is 9.46. The number of hydrogen-bond donors (Lipinski definition) is 3. The van der Waals surface area contributed by atoms with Crippen molar-refractivity contribution in [3.63, 3.8) is 0 Å². The molecule has 138 valence electrons. The van der Waals surface area contributed by atoms with E-state index in [0.717, 1.165) is 0 Å². The molecule has 5 rings (SSSR count). The molecule has 2 fully saturated rings. The van der Waals surface area contributed by atoms with Crippen LogP contribution in [0.3, 0.4) is 0 Å². The van der Waals surface area contributed by atoms with Gasteiger partial charge in [-0.1, -0.05) is 41.4 Å². The molecule has 0 aromatic heterocycles. The van der Waals surface area contributed by atoms with Crippen LogP contribution in [0.4, 0.5) is 10.1 Å². The molecule has 3 N–H and O–H groups in total. The molecular formula is C19H14Cl2FN3O2. The Morgan fingerprint density at radius 3 is 2.78 bits per heavy atom. The molecule has 0 bridgehead atoms. The van der Waals surface area contributed by atoms with Gasteiger partial charge in [-0.3, -0.25) is 14.9 Å². The smallest absolute Gasteiger partial charge is 0.250 e. The molecule has 8 heteroatoms. The predicted octanol–water partition coefficient (Wildman–Crippen LogP) is 2.78. The van der Waals surface area contributed by atoms with Gasteiger partial charge in [-0.15, -0.1) is 0 Å². The third kappa shape index (κ3) is 2.15. The molecule has 2 aromatic rings. The number of carbonyl (C=O) groups is 2. The van der Waals surface area contributed by atoms with E-state index < -0.39 is 23.2 Å². The van der Waals surface area contributed by atoms with Crippen LogP contribution in [0.25, 0.3) is 0 Å². The summed E-state index contributed by atoms with van der Waals surface area (Å²) in [7, 11) is 0. The Morgan fingerprint density at radius 2 is 1.96 bits per heavy atom. The highest BCUT2D eigenvalue weighted by Crippen LogP contribution is 2.55. The van der Waals surface area contributed by atoms with E-state index in [0.29, 0.717) is 22.8 Å². The summed E-state index contributed by atoms with van der Waals surface area (Å²) in [6.07, 6.45) is 0. The van der Waals surface area contributed by atoms with Gasteiger partial charge < -0.3 is 10.6 Å². The largest absolute Gasteiger partial charge is 0.354 e. The summed E-state index contributed by atoms with van der Waals surface area (Å²) in [5, 5.41) is 9.40. The van der Waals surface area contributed by atoms with E-state index in [-0.39, 0.29) is 28.4 Å². The topological polar surface area (TPSA) is 70.2 Å². The van der Waals surface area contributed by atoms with Crippen LogP contribution >= 0.6 is 23.2 Å². The first-order chi connectivity index (χ1) is 12.9. The van der Waals surface area contributed by atoms with Crippen molar-refractivity contribution in [2.75, 3.05) is 11.9 Å². The van der Waals surface area contributed by atoms with Crippen LogP contribution in [-0.4, -0.2) is 24.4 Å². The summed E-state index contributed by atoms with van der Waals surface area (Å²) >= 11 is 12.1. The van der Waals surface area contributed by atoms with Crippen molar-refractivity contribution >= 4 is 40.7 Å². The second-order valence-electron chi connectivity index (χ2n) is 7.09. The van der Waals surface area contributed by atoms with Crippen molar-refractivity contribution in [1.82, 2.24) is 10.6 Å². The van der Waals surface area contributed by atoms with E-state index in [2.05, 4.69) is 16.0 Å². The molecule has 0 saturated carbocycles. The molecule has 0 aliphatic carbocycles. The lowest BCUT2D eigenvalue weighted by Crippen LogP contribution is -2.50. The van der Waals surface area contributed by atoms with Crippen LogP contribution in [0, 0.1) is 11.7 Å². The maximum Gasteiger partial charge on any atom is 0.250 e. The van der Waals surface area contributed by atoms with E-state index in [9.17, 15) is 14.0 Å². The Bertz CT molecular complexity index is 1010. The summed E-state index contributed by atoms with van der Waals surface area (Å²) in [5.41, 5.74) is 0.201. The fourth-order valence-corrected chi connectivity index (χ4v) is 5.11. The fraction of sp³-hybridized carbons (Fsp3) is 0.263. The lowest BCUT2D eigenvalue weighted by Gasteiger charge is -2.32. The zero-order valence-corrected chi connectivity index (χ0v) is 15.4. The second kappa shape index (κ2) is 5.67. The maximum atomic E-state index is 15.0. The van der Waals surface area contributed by atoms with E-state index in [4.69, 9.17) is 23.2 Å². The van der Waals surface area contributed by atoms with Gasteiger partial charge in [0.1, 0.15) is 11.4 Å². The van der Waals surface area contributed by atoms with Gasteiger partial charge in [0.2, 0.25) is 11.8 Å². The Hall–Kier alpha value is -2.15. The molecule has 3 aliphatic rings. The zero-order chi connectivity index (χ0) is 18.9. The Morgan fingerprint density at radius 1 is 1.15 bits per heavy atom. The van der Waals surface area contributed by atoms with Crippen LogP contribution in [0.15, 0.2) is 36.4 Å². The quantitative estimate of drug-likeness (QED) is 0.682. The molecule has 27 heavy (non-hydrogen) atoms. The minimum Gasteiger partial charge on any atom is -0.354 e. The number of fused-ring (bicyclic) bond motifs is 3. The van der Waals surface area contributed by atoms with Crippen molar-refractivity contribution in [2.45, 2.75) is 17.5 Å². The highest BCUT2D eigenvalue weighted by atomic mass is 35.5. The van der Waals surface area contributed by atoms with Gasteiger partial charge in [-0.05, 0) is 23.8 Å². The highest BCUT2D eigenvalue weighted by molar-refractivity contribution is 6.31. The molecule has 3 heterocycles. The summed E-state index contributed by atoms with van der Waals surface area (Å²) in [6.45, 7) is 0.375.